The standard InChI is InChI=1S/C27H35FN2O8/c1-15(2)23(19-9-8-18(28)14-21(19)36-7)17(4)37-27(33)16(3)30-26(32)24-25(20(35-6)10-12-29-24)38-22(31)11-13-34-5/h8-10,12,14-17,23H,11,13H2,1-7H3,(H,30,32)/t16-,17-,23+/m0/s1. The molecule has 1 aromatic heterocycles. The largest absolute Gasteiger partial charge is 0.496 e. The van der Waals surface area contributed by atoms with Crippen molar-refractivity contribution in [3.63, 3.8) is 0 Å². The molecule has 2 rings (SSSR count). The van der Waals surface area contributed by atoms with Crippen LogP contribution in [0.25, 0.3) is 0 Å². The average molecular weight is 535 g/mol. The van der Waals surface area contributed by atoms with Crippen LogP contribution in [0.4, 0.5) is 4.39 Å². The number of halogens is 1. The number of amides is 1. The van der Waals surface area contributed by atoms with Gasteiger partial charge in [-0.2, -0.15) is 0 Å². The minimum Gasteiger partial charge on any atom is -0.496 e. The molecular weight excluding hydrogens is 499 g/mol. The first-order valence-corrected chi connectivity index (χ1v) is 12.1. The number of aromatic nitrogens is 1. The van der Waals surface area contributed by atoms with Crippen molar-refractivity contribution in [1.82, 2.24) is 10.3 Å². The Morgan fingerprint density at radius 2 is 1.68 bits per heavy atom. The third-order valence-corrected chi connectivity index (χ3v) is 5.81. The zero-order valence-electron chi connectivity index (χ0n) is 22.7. The number of rotatable bonds is 13. The highest BCUT2D eigenvalue weighted by Gasteiger charge is 2.31. The Hall–Kier alpha value is -3.73. The van der Waals surface area contributed by atoms with Crippen molar-refractivity contribution in [3.05, 3.63) is 47.5 Å². The lowest BCUT2D eigenvalue weighted by atomic mass is 9.84. The fourth-order valence-electron chi connectivity index (χ4n) is 4.00. The Balaban J connectivity index is 2.18. The van der Waals surface area contributed by atoms with Crippen molar-refractivity contribution < 1.29 is 42.5 Å². The molecule has 0 saturated carbocycles. The van der Waals surface area contributed by atoms with E-state index in [-0.39, 0.29) is 42.1 Å². The molecule has 0 fully saturated rings. The summed E-state index contributed by atoms with van der Waals surface area (Å²) < 4.78 is 40.2. The van der Waals surface area contributed by atoms with Crippen LogP contribution < -0.4 is 19.5 Å². The molecule has 0 unspecified atom stereocenters. The number of carbonyl (C=O) groups excluding carboxylic acids is 3. The zero-order valence-corrected chi connectivity index (χ0v) is 22.7. The Kier molecular flexibility index (Phi) is 11.5. The maximum absolute atomic E-state index is 13.7. The monoisotopic (exact) mass is 534 g/mol. The van der Waals surface area contributed by atoms with Gasteiger partial charge in [0.25, 0.3) is 5.91 Å². The lowest BCUT2D eigenvalue weighted by molar-refractivity contribution is -0.151. The van der Waals surface area contributed by atoms with Crippen LogP contribution in [0.2, 0.25) is 0 Å². The van der Waals surface area contributed by atoms with Gasteiger partial charge in [0.1, 0.15) is 23.7 Å². The quantitative estimate of drug-likeness (QED) is 0.384. The van der Waals surface area contributed by atoms with Crippen molar-refractivity contribution in [2.45, 2.75) is 52.2 Å². The van der Waals surface area contributed by atoms with E-state index in [0.717, 1.165) is 0 Å². The molecule has 1 heterocycles. The molecule has 10 nitrogen and oxygen atoms in total. The summed E-state index contributed by atoms with van der Waals surface area (Å²) in [5, 5.41) is 2.53. The summed E-state index contributed by atoms with van der Waals surface area (Å²) >= 11 is 0. The lowest BCUT2D eigenvalue weighted by Crippen LogP contribution is -2.42. The molecule has 1 N–H and O–H groups in total. The van der Waals surface area contributed by atoms with Crippen LogP contribution in [-0.4, -0.2) is 62.9 Å². The Labute approximate surface area is 221 Å². The molecule has 0 saturated heterocycles. The van der Waals surface area contributed by atoms with E-state index < -0.39 is 35.8 Å². The van der Waals surface area contributed by atoms with Gasteiger partial charge >= 0.3 is 11.9 Å². The van der Waals surface area contributed by atoms with Gasteiger partial charge in [-0.15, -0.1) is 0 Å². The molecule has 11 heteroatoms. The summed E-state index contributed by atoms with van der Waals surface area (Å²) in [6.07, 6.45) is 0.634. The van der Waals surface area contributed by atoms with Gasteiger partial charge in [-0.3, -0.25) is 9.59 Å². The Bertz CT molecular complexity index is 1120. The molecule has 208 valence electrons. The third kappa shape index (κ3) is 7.88. The van der Waals surface area contributed by atoms with E-state index >= 15 is 0 Å². The van der Waals surface area contributed by atoms with Crippen LogP contribution >= 0.6 is 0 Å². The fraction of sp³-hybridized carbons (Fsp3) is 0.481. The van der Waals surface area contributed by atoms with Crippen LogP contribution in [0.15, 0.2) is 30.5 Å². The number of benzene rings is 1. The molecule has 0 aliphatic heterocycles. The smallest absolute Gasteiger partial charge is 0.328 e. The van der Waals surface area contributed by atoms with Crippen LogP contribution in [0.5, 0.6) is 17.2 Å². The second-order valence-corrected chi connectivity index (χ2v) is 8.90. The minimum absolute atomic E-state index is 0.0124. The number of ether oxygens (including phenoxy) is 5. The summed E-state index contributed by atoms with van der Waals surface area (Å²) in [7, 11) is 4.24. The molecule has 2 aromatic rings. The van der Waals surface area contributed by atoms with E-state index in [1.165, 1.54) is 52.6 Å². The molecule has 0 bridgehead atoms. The fourth-order valence-corrected chi connectivity index (χ4v) is 4.00. The molecule has 0 aliphatic rings. The maximum atomic E-state index is 13.7. The second-order valence-electron chi connectivity index (χ2n) is 8.90. The van der Waals surface area contributed by atoms with Crippen molar-refractivity contribution in [3.8, 4) is 17.2 Å². The van der Waals surface area contributed by atoms with Gasteiger partial charge in [-0.25, -0.2) is 14.2 Å². The first kappa shape index (κ1) is 30.5. The SMILES string of the molecule is COCCC(=O)Oc1c(OC)ccnc1C(=O)N[C@@H](C)C(=O)O[C@@H](C)[C@H](c1ccc(F)cc1OC)C(C)C. The van der Waals surface area contributed by atoms with Gasteiger partial charge in [-0.05, 0) is 25.8 Å². The highest BCUT2D eigenvalue weighted by molar-refractivity contribution is 5.98. The van der Waals surface area contributed by atoms with Crippen molar-refractivity contribution >= 4 is 17.8 Å². The van der Waals surface area contributed by atoms with Gasteiger partial charge in [0.2, 0.25) is 5.75 Å². The summed E-state index contributed by atoms with van der Waals surface area (Å²) in [4.78, 5) is 42.1. The number of methoxy groups -OCH3 is 3. The maximum Gasteiger partial charge on any atom is 0.328 e. The molecule has 1 aromatic carbocycles. The predicted octanol–water partition coefficient (Wildman–Crippen LogP) is 3.67. The minimum atomic E-state index is -1.07. The zero-order chi connectivity index (χ0) is 28.4. The Morgan fingerprint density at radius 1 is 1.00 bits per heavy atom. The third-order valence-electron chi connectivity index (χ3n) is 5.81. The summed E-state index contributed by atoms with van der Waals surface area (Å²) in [5.41, 5.74) is 0.459. The van der Waals surface area contributed by atoms with E-state index in [1.807, 2.05) is 13.8 Å². The number of hydrogen-bond donors (Lipinski definition) is 1. The van der Waals surface area contributed by atoms with Crippen LogP contribution in [0, 0.1) is 11.7 Å². The first-order chi connectivity index (χ1) is 18.0. The number of nitrogens with one attached hydrogen (secondary N) is 1. The Morgan fingerprint density at radius 3 is 2.29 bits per heavy atom. The highest BCUT2D eigenvalue weighted by Crippen LogP contribution is 2.36. The molecule has 3 atom stereocenters. The number of pyridine rings is 1. The number of hydrogen-bond acceptors (Lipinski definition) is 9. The van der Waals surface area contributed by atoms with E-state index in [4.69, 9.17) is 23.7 Å². The van der Waals surface area contributed by atoms with Gasteiger partial charge in [0.05, 0.1) is 27.2 Å². The molecule has 38 heavy (non-hydrogen) atoms. The molecular formula is C27H35FN2O8. The van der Waals surface area contributed by atoms with E-state index in [2.05, 4.69) is 10.3 Å². The lowest BCUT2D eigenvalue weighted by Gasteiger charge is -2.30. The van der Waals surface area contributed by atoms with Crippen LogP contribution in [0.1, 0.15) is 56.1 Å². The number of carbonyl (C=O) groups is 3. The van der Waals surface area contributed by atoms with E-state index in [9.17, 15) is 18.8 Å². The van der Waals surface area contributed by atoms with Crippen molar-refractivity contribution in [1.29, 1.82) is 0 Å². The van der Waals surface area contributed by atoms with Gasteiger partial charge < -0.3 is 29.0 Å². The number of nitrogens with zero attached hydrogens (tertiary/aromatic N) is 1. The number of esters is 2. The van der Waals surface area contributed by atoms with Crippen molar-refractivity contribution in [2.75, 3.05) is 27.9 Å². The van der Waals surface area contributed by atoms with Gasteiger partial charge in [0, 0.05) is 36.9 Å². The average Bonchev–Trinajstić information content (AvgIpc) is 2.87. The van der Waals surface area contributed by atoms with Crippen LogP contribution in [0.3, 0.4) is 0 Å². The summed E-state index contributed by atoms with van der Waals surface area (Å²) in [6, 6.07) is 4.58. The molecule has 0 radical (unpaired) electrons. The summed E-state index contributed by atoms with van der Waals surface area (Å²) in [5.74, 6) is -2.55. The molecule has 1 amide bonds. The highest BCUT2D eigenvalue weighted by atomic mass is 19.1. The second kappa shape index (κ2) is 14.3. The van der Waals surface area contributed by atoms with Crippen LogP contribution in [-0.2, 0) is 19.1 Å². The topological polar surface area (TPSA) is 122 Å². The normalized spacial score (nSPS) is 13.3. The van der Waals surface area contributed by atoms with E-state index in [0.29, 0.717) is 11.3 Å². The van der Waals surface area contributed by atoms with Gasteiger partial charge in [-0.1, -0.05) is 19.9 Å². The molecule has 0 spiro atoms. The van der Waals surface area contributed by atoms with Gasteiger partial charge in [0.15, 0.2) is 11.4 Å². The summed E-state index contributed by atoms with van der Waals surface area (Å²) in [6.45, 7) is 7.21. The molecule has 0 aliphatic carbocycles. The predicted molar refractivity (Wildman–Crippen MR) is 136 cm³/mol. The first-order valence-electron chi connectivity index (χ1n) is 12.1. The van der Waals surface area contributed by atoms with Crippen molar-refractivity contribution in [2.24, 2.45) is 5.92 Å². The van der Waals surface area contributed by atoms with E-state index in [1.54, 1.807) is 13.0 Å².